The number of benzene rings is 1. The highest BCUT2D eigenvalue weighted by atomic mass is 16.5. The summed E-state index contributed by atoms with van der Waals surface area (Å²) in [6, 6.07) is 7.76. The Bertz CT molecular complexity index is 345. The van der Waals surface area contributed by atoms with Crippen molar-refractivity contribution < 1.29 is 9.53 Å². The van der Waals surface area contributed by atoms with E-state index in [2.05, 4.69) is 6.92 Å². The van der Waals surface area contributed by atoms with Gasteiger partial charge in [0.15, 0.2) is 0 Å². The third kappa shape index (κ3) is 5.53. The van der Waals surface area contributed by atoms with Gasteiger partial charge in [0.05, 0.1) is 0 Å². The van der Waals surface area contributed by atoms with Gasteiger partial charge in [0.2, 0.25) is 0 Å². The largest absolute Gasteiger partial charge is 0.426 e. The first-order valence-electron chi connectivity index (χ1n) is 6.29. The third-order valence-corrected chi connectivity index (χ3v) is 2.67. The van der Waals surface area contributed by atoms with Crippen LogP contribution in [0.1, 0.15) is 44.6 Å². The normalized spacial score (nSPS) is 10.2. The zero-order valence-corrected chi connectivity index (χ0v) is 10.6. The van der Waals surface area contributed by atoms with E-state index in [9.17, 15) is 4.79 Å². The molecule has 1 radical (unpaired) electrons. The van der Waals surface area contributed by atoms with Gasteiger partial charge in [0.1, 0.15) is 5.75 Å². The number of para-hydroxylation sites is 1. The van der Waals surface area contributed by atoms with Gasteiger partial charge in [0.25, 0.3) is 0 Å². The second-order valence-corrected chi connectivity index (χ2v) is 4.22. The van der Waals surface area contributed by atoms with Crippen LogP contribution in [0.5, 0.6) is 5.75 Å². The Balaban J connectivity index is 2.43. The summed E-state index contributed by atoms with van der Waals surface area (Å²) in [5.74, 6) is 0.451. The van der Waals surface area contributed by atoms with Crippen molar-refractivity contribution in [3.05, 3.63) is 36.8 Å². The molecule has 17 heavy (non-hydrogen) atoms. The molecule has 0 aromatic heterocycles. The molecule has 93 valence electrons. The molecule has 0 amide bonds. The Morgan fingerprint density at radius 1 is 1.18 bits per heavy atom. The predicted molar refractivity (Wildman–Crippen MR) is 69.9 cm³/mol. The first kappa shape index (κ1) is 13.8. The van der Waals surface area contributed by atoms with E-state index in [0.29, 0.717) is 5.75 Å². The van der Waals surface area contributed by atoms with Gasteiger partial charge >= 0.3 is 5.97 Å². The van der Waals surface area contributed by atoms with Crippen molar-refractivity contribution in [2.24, 2.45) is 0 Å². The van der Waals surface area contributed by atoms with Gasteiger partial charge in [-0.1, -0.05) is 50.8 Å². The summed E-state index contributed by atoms with van der Waals surface area (Å²) in [4.78, 5) is 11.0. The molecule has 0 unspecified atom stereocenters. The topological polar surface area (TPSA) is 26.3 Å². The molecule has 2 heteroatoms. The monoisotopic (exact) mass is 233 g/mol. The lowest BCUT2D eigenvalue weighted by Crippen LogP contribution is -2.03. The van der Waals surface area contributed by atoms with Gasteiger partial charge in [-0.15, -0.1) is 0 Å². The molecule has 0 saturated heterocycles. The maximum atomic E-state index is 11.0. The summed E-state index contributed by atoms with van der Waals surface area (Å²) in [5, 5.41) is 0. The summed E-state index contributed by atoms with van der Waals surface area (Å²) in [5.41, 5.74) is 1.12. The molecule has 0 aliphatic rings. The number of hydrogen-bond acceptors (Lipinski definition) is 2. The quantitative estimate of drug-likeness (QED) is 0.405. The van der Waals surface area contributed by atoms with Crippen molar-refractivity contribution in [2.45, 2.75) is 45.4 Å². The van der Waals surface area contributed by atoms with Crippen molar-refractivity contribution in [3.63, 3.8) is 0 Å². The second kappa shape index (κ2) is 7.88. The lowest BCUT2D eigenvalue weighted by molar-refractivity contribution is -0.131. The SMILES string of the molecule is [CH2]CCCCCCc1ccccc1OC(C)=O. The lowest BCUT2D eigenvalue weighted by Gasteiger charge is -2.08. The highest BCUT2D eigenvalue weighted by Gasteiger charge is 2.04. The van der Waals surface area contributed by atoms with E-state index < -0.39 is 0 Å². The van der Waals surface area contributed by atoms with E-state index in [0.717, 1.165) is 24.8 Å². The lowest BCUT2D eigenvalue weighted by atomic mass is 10.0. The van der Waals surface area contributed by atoms with E-state index in [-0.39, 0.29) is 5.97 Å². The molecule has 0 bridgehead atoms. The van der Waals surface area contributed by atoms with Crippen molar-refractivity contribution in [1.29, 1.82) is 0 Å². The van der Waals surface area contributed by atoms with Gasteiger partial charge in [-0.3, -0.25) is 4.79 Å². The Kier molecular flexibility index (Phi) is 6.38. The first-order chi connectivity index (χ1) is 8.24. The van der Waals surface area contributed by atoms with Crippen LogP contribution in [0.25, 0.3) is 0 Å². The summed E-state index contributed by atoms with van der Waals surface area (Å²) >= 11 is 0. The van der Waals surface area contributed by atoms with Crippen LogP contribution in [0.2, 0.25) is 0 Å². The first-order valence-corrected chi connectivity index (χ1v) is 6.29. The molecule has 0 spiro atoms. The average Bonchev–Trinajstić information content (AvgIpc) is 2.30. The fourth-order valence-corrected chi connectivity index (χ4v) is 1.81. The van der Waals surface area contributed by atoms with E-state index in [1.807, 2.05) is 24.3 Å². The van der Waals surface area contributed by atoms with Gasteiger partial charge in [-0.2, -0.15) is 0 Å². The number of unbranched alkanes of at least 4 members (excludes halogenated alkanes) is 4. The van der Waals surface area contributed by atoms with Crippen molar-refractivity contribution in [2.75, 3.05) is 0 Å². The minimum absolute atomic E-state index is 0.255. The Morgan fingerprint density at radius 2 is 1.88 bits per heavy atom. The molecule has 0 heterocycles. The Hall–Kier alpha value is -1.31. The molecule has 1 aromatic carbocycles. The summed E-state index contributed by atoms with van der Waals surface area (Å²) < 4.78 is 5.17. The molecule has 1 rings (SSSR count). The summed E-state index contributed by atoms with van der Waals surface area (Å²) in [6.45, 7) is 5.27. The number of carbonyl (C=O) groups excluding carboxylic acids is 1. The summed E-state index contributed by atoms with van der Waals surface area (Å²) in [7, 11) is 0. The van der Waals surface area contributed by atoms with Gasteiger partial charge in [0, 0.05) is 6.92 Å². The van der Waals surface area contributed by atoms with Gasteiger partial charge in [-0.25, -0.2) is 0 Å². The van der Waals surface area contributed by atoms with Crippen LogP contribution in [-0.2, 0) is 11.2 Å². The van der Waals surface area contributed by atoms with Crippen molar-refractivity contribution in [1.82, 2.24) is 0 Å². The third-order valence-electron chi connectivity index (χ3n) is 2.67. The van der Waals surface area contributed by atoms with Crippen LogP contribution in [0.3, 0.4) is 0 Å². The van der Waals surface area contributed by atoms with E-state index in [1.54, 1.807) is 0 Å². The number of carbonyl (C=O) groups is 1. The predicted octanol–water partition coefficient (Wildman–Crippen LogP) is 3.94. The van der Waals surface area contributed by atoms with Crippen LogP contribution >= 0.6 is 0 Å². The minimum atomic E-state index is -0.255. The molecule has 0 aliphatic carbocycles. The van der Waals surface area contributed by atoms with Crippen molar-refractivity contribution >= 4 is 5.97 Å². The molecular formula is C15H21O2. The number of hydrogen-bond donors (Lipinski definition) is 0. The maximum absolute atomic E-state index is 11.0. The standard InChI is InChI=1S/C15H21O2/c1-3-4-5-6-7-10-14-11-8-9-12-15(14)17-13(2)16/h8-9,11-12H,1,3-7,10H2,2H3. The van der Waals surface area contributed by atoms with Gasteiger partial charge < -0.3 is 4.74 Å². The van der Waals surface area contributed by atoms with Crippen LogP contribution in [0, 0.1) is 6.92 Å². The summed E-state index contributed by atoms with van der Waals surface area (Å²) in [6.07, 6.45) is 6.78. The molecule has 1 aromatic rings. The van der Waals surface area contributed by atoms with E-state index in [4.69, 9.17) is 4.74 Å². The average molecular weight is 233 g/mol. The molecule has 0 atom stereocenters. The van der Waals surface area contributed by atoms with Crippen LogP contribution in [0.4, 0.5) is 0 Å². The fourth-order valence-electron chi connectivity index (χ4n) is 1.81. The molecule has 0 N–H and O–H groups in total. The Labute approximate surface area is 104 Å². The zero-order valence-electron chi connectivity index (χ0n) is 10.6. The molecular weight excluding hydrogens is 212 g/mol. The van der Waals surface area contributed by atoms with E-state index in [1.165, 1.54) is 26.2 Å². The molecule has 2 nitrogen and oxygen atoms in total. The second-order valence-electron chi connectivity index (χ2n) is 4.22. The van der Waals surface area contributed by atoms with E-state index >= 15 is 0 Å². The van der Waals surface area contributed by atoms with Crippen molar-refractivity contribution in [3.8, 4) is 5.75 Å². The number of rotatable bonds is 7. The molecule has 0 fully saturated rings. The number of aryl methyl sites for hydroxylation is 1. The zero-order chi connectivity index (χ0) is 12.5. The fraction of sp³-hybridized carbons (Fsp3) is 0.467. The number of esters is 1. The minimum Gasteiger partial charge on any atom is -0.426 e. The Morgan fingerprint density at radius 3 is 2.59 bits per heavy atom. The number of ether oxygens (including phenoxy) is 1. The van der Waals surface area contributed by atoms with Crippen LogP contribution < -0.4 is 4.74 Å². The molecule has 0 saturated carbocycles. The maximum Gasteiger partial charge on any atom is 0.308 e. The highest BCUT2D eigenvalue weighted by molar-refractivity contribution is 5.69. The van der Waals surface area contributed by atoms with Crippen LogP contribution in [0.15, 0.2) is 24.3 Å². The smallest absolute Gasteiger partial charge is 0.308 e. The van der Waals surface area contributed by atoms with Crippen LogP contribution in [-0.4, -0.2) is 5.97 Å². The van der Waals surface area contributed by atoms with Gasteiger partial charge in [-0.05, 0) is 24.5 Å². The molecule has 0 aliphatic heterocycles. The highest BCUT2D eigenvalue weighted by Crippen LogP contribution is 2.20.